The maximum atomic E-state index is 5.59. The second kappa shape index (κ2) is 6.93. The average Bonchev–Trinajstić information content (AvgIpc) is 2.36. The summed E-state index contributed by atoms with van der Waals surface area (Å²) in [5.74, 6) is 0.799. The Morgan fingerprint density at radius 1 is 1.41 bits per heavy atom. The van der Waals surface area contributed by atoms with Crippen molar-refractivity contribution >= 4 is 15.9 Å². The van der Waals surface area contributed by atoms with Crippen molar-refractivity contribution in [2.45, 2.75) is 18.9 Å². The highest BCUT2D eigenvalue weighted by Crippen LogP contribution is 2.15. The Balaban J connectivity index is 1.62. The van der Waals surface area contributed by atoms with Crippen LogP contribution in [0.5, 0.6) is 5.75 Å². The molecule has 0 atom stereocenters. The van der Waals surface area contributed by atoms with Crippen LogP contribution in [-0.4, -0.2) is 37.4 Å². The van der Waals surface area contributed by atoms with Gasteiger partial charge in [-0.1, -0.05) is 0 Å². The minimum absolute atomic E-state index is 0.577. The Kier molecular flexibility index (Phi) is 5.22. The van der Waals surface area contributed by atoms with Crippen LogP contribution >= 0.6 is 15.9 Å². The Morgan fingerprint density at radius 3 is 3.00 bits per heavy atom. The molecule has 1 aliphatic rings. The summed E-state index contributed by atoms with van der Waals surface area (Å²) in [6.45, 7) is 3.26. The lowest BCUT2D eigenvalue weighted by Crippen LogP contribution is -2.37. The summed E-state index contributed by atoms with van der Waals surface area (Å²) in [7, 11) is 0. The van der Waals surface area contributed by atoms with Gasteiger partial charge in [0.2, 0.25) is 0 Å². The molecule has 1 aromatic heterocycles. The zero-order valence-corrected chi connectivity index (χ0v) is 11.3. The van der Waals surface area contributed by atoms with Crippen LogP contribution in [0, 0.1) is 0 Å². The molecular formula is C12H17BrN2O2. The van der Waals surface area contributed by atoms with Crippen LogP contribution in [0.3, 0.4) is 0 Å². The Hall–Kier alpha value is -0.650. The Morgan fingerprint density at radius 2 is 2.24 bits per heavy atom. The van der Waals surface area contributed by atoms with Crippen molar-refractivity contribution < 1.29 is 9.47 Å². The molecule has 4 nitrogen and oxygen atoms in total. The molecule has 0 aromatic carbocycles. The van der Waals surface area contributed by atoms with E-state index in [-0.39, 0.29) is 0 Å². The number of hydrogen-bond donors (Lipinski definition) is 1. The second-order valence-electron chi connectivity index (χ2n) is 4.03. The van der Waals surface area contributed by atoms with E-state index in [1.54, 1.807) is 12.4 Å². The van der Waals surface area contributed by atoms with Crippen molar-refractivity contribution in [3.8, 4) is 5.75 Å². The zero-order valence-electron chi connectivity index (χ0n) is 9.69. The first kappa shape index (κ1) is 12.8. The van der Waals surface area contributed by atoms with Gasteiger partial charge in [0.15, 0.2) is 0 Å². The van der Waals surface area contributed by atoms with Crippen molar-refractivity contribution in [1.82, 2.24) is 10.3 Å². The van der Waals surface area contributed by atoms with E-state index in [1.807, 2.05) is 6.07 Å². The van der Waals surface area contributed by atoms with Gasteiger partial charge >= 0.3 is 0 Å². The molecule has 0 aliphatic carbocycles. The standard InChI is InChI=1S/C12H17BrN2O2/c13-10-7-12(9-14-8-10)17-6-3-15-11-1-4-16-5-2-11/h7-9,11,15H,1-6H2. The summed E-state index contributed by atoms with van der Waals surface area (Å²) in [5.41, 5.74) is 0. The first-order chi connectivity index (χ1) is 8.34. The minimum Gasteiger partial charge on any atom is -0.491 e. The molecule has 0 amide bonds. The molecule has 1 aliphatic heterocycles. The first-order valence-corrected chi connectivity index (χ1v) is 6.68. The topological polar surface area (TPSA) is 43.4 Å². The number of nitrogens with one attached hydrogen (secondary N) is 1. The number of halogens is 1. The third kappa shape index (κ3) is 4.61. The van der Waals surface area contributed by atoms with E-state index in [2.05, 4.69) is 26.2 Å². The summed E-state index contributed by atoms with van der Waals surface area (Å²) < 4.78 is 11.8. The maximum Gasteiger partial charge on any atom is 0.138 e. The Bertz CT molecular complexity index is 343. The van der Waals surface area contributed by atoms with Crippen molar-refractivity contribution in [1.29, 1.82) is 0 Å². The van der Waals surface area contributed by atoms with Gasteiger partial charge in [0.1, 0.15) is 12.4 Å². The summed E-state index contributed by atoms with van der Waals surface area (Å²) in [4.78, 5) is 4.04. The SMILES string of the molecule is Brc1cncc(OCCNC2CCOCC2)c1. The highest BCUT2D eigenvalue weighted by atomic mass is 79.9. The third-order valence-electron chi connectivity index (χ3n) is 2.70. The van der Waals surface area contributed by atoms with Gasteiger partial charge in [-0.2, -0.15) is 0 Å². The predicted octanol–water partition coefficient (Wildman–Crippen LogP) is 1.99. The molecule has 0 unspecified atom stereocenters. The van der Waals surface area contributed by atoms with E-state index in [4.69, 9.17) is 9.47 Å². The highest BCUT2D eigenvalue weighted by molar-refractivity contribution is 9.10. The molecule has 1 N–H and O–H groups in total. The fraction of sp³-hybridized carbons (Fsp3) is 0.583. The molecule has 0 bridgehead atoms. The normalized spacial score (nSPS) is 17.0. The van der Waals surface area contributed by atoms with Crippen LogP contribution in [0.25, 0.3) is 0 Å². The lowest BCUT2D eigenvalue weighted by atomic mass is 10.1. The van der Waals surface area contributed by atoms with E-state index in [1.165, 1.54) is 0 Å². The molecule has 0 saturated carbocycles. The van der Waals surface area contributed by atoms with Gasteiger partial charge in [0.25, 0.3) is 0 Å². The molecule has 1 saturated heterocycles. The smallest absolute Gasteiger partial charge is 0.138 e. The quantitative estimate of drug-likeness (QED) is 0.845. The van der Waals surface area contributed by atoms with Crippen LogP contribution < -0.4 is 10.1 Å². The van der Waals surface area contributed by atoms with Gasteiger partial charge in [0.05, 0.1) is 6.20 Å². The summed E-state index contributed by atoms with van der Waals surface area (Å²) in [6.07, 6.45) is 5.66. The zero-order chi connectivity index (χ0) is 11.9. The van der Waals surface area contributed by atoms with Crippen molar-refractivity contribution in [2.75, 3.05) is 26.4 Å². The molecule has 5 heteroatoms. The van der Waals surface area contributed by atoms with Gasteiger partial charge in [-0.25, -0.2) is 0 Å². The molecular weight excluding hydrogens is 284 g/mol. The number of rotatable bonds is 5. The highest BCUT2D eigenvalue weighted by Gasteiger charge is 2.12. The number of nitrogens with zero attached hydrogens (tertiary/aromatic N) is 1. The van der Waals surface area contributed by atoms with E-state index >= 15 is 0 Å². The first-order valence-electron chi connectivity index (χ1n) is 5.89. The van der Waals surface area contributed by atoms with Crippen LogP contribution in [0.15, 0.2) is 22.9 Å². The summed E-state index contributed by atoms with van der Waals surface area (Å²) in [6, 6.07) is 2.49. The fourth-order valence-corrected chi connectivity index (χ4v) is 2.15. The Labute approximate surface area is 110 Å². The molecule has 2 heterocycles. The van der Waals surface area contributed by atoms with E-state index in [9.17, 15) is 0 Å². The largest absolute Gasteiger partial charge is 0.491 e. The third-order valence-corrected chi connectivity index (χ3v) is 3.14. The van der Waals surface area contributed by atoms with Gasteiger partial charge in [-0.15, -0.1) is 0 Å². The molecule has 94 valence electrons. The lowest BCUT2D eigenvalue weighted by Gasteiger charge is -2.23. The fourth-order valence-electron chi connectivity index (χ4n) is 1.80. The molecule has 17 heavy (non-hydrogen) atoms. The van der Waals surface area contributed by atoms with Crippen molar-refractivity contribution in [3.63, 3.8) is 0 Å². The van der Waals surface area contributed by atoms with Gasteiger partial charge in [-0.05, 0) is 34.8 Å². The van der Waals surface area contributed by atoms with E-state index in [0.29, 0.717) is 12.6 Å². The molecule has 0 spiro atoms. The summed E-state index contributed by atoms with van der Waals surface area (Å²) in [5, 5.41) is 3.47. The minimum atomic E-state index is 0.577. The van der Waals surface area contributed by atoms with Crippen LogP contribution in [0.1, 0.15) is 12.8 Å². The van der Waals surface area contributed by atoms with Gasteiger partial charge < -0.3 is 14.8 Å². The second-order valence-corrected chi connectivity index (χ2v) is 4.94. The molecule has 1 fully saturated rings. The lowest BCUT2D eigenvalue weighted by molar-refractivity contribution is 0.0770. The van der Waals surface area contributed by atoms with Gasteiger partial charge in [-0.3, -0.25) is 4.98 Å². The van der Waals surface area contributed by atoms with E-state index < -0.39 is 0 Å². The predicted molar refractivity (Wildman–Crippen MR) is 69.3 cm³/mol. The van der Waals surface area contributed by atoms with E-state index in [0.717, 1.165) is 42.8 Å². The van der Waals surface area contributed by atoms with Crippen LogP contribution in [-0.2, 0) is 4.74 Å². The molecule has 0 radical (unpaired) electrons. The number of hydrogen-bond acceptors (Lipinski definition) is 4. The average molecular weight is 301 g/mol. The number of pyridine rings is 1. The monoisotopic (exact) mass is 300 g/mol. The van der Waals surface area contributed by atoms with Crippen LogP contribution in [0.2, 0.25) is 0 Å². The van der Waals surface area contributed by atoms with Crippen LogP contribution in [0.4, 0.5) is 0 Å². The maximum absolute atomic E-state index is 5.59. The van der Waals surface area contributed by atoms with Crippen molar-refractivity contribution in [3.05, 3.63) is 22.9 Å². The molecule has 2 rings (SSSR count). The van der Waals surface area contributed by atoms with Gasteiger partial charge in [0, 0.05) is 36.5 Å². The van der Waals surface area contributed by atoms with Crippen molar-refractivity contribution in [2.24, 2.45) is 0 Å². The number of ether oxygens (including phenoxy) is 2. The number of aromatic nitrogens is 1. The summed E-state index contributed by atoms with van der Waals surface area (Å²) >= 11 is 3.36. The molecule has 1 aromatic rings.